The average Bonchev–Trinajstić information content (AvgIpc) is 3.58. The first-order chi connectivity index (χ1) is 23.4. The van der Waals surface area contributed by atoms with Crippen molar-refractivity contribution >= 4 is 58.1 Å². The number of aliphatic imine (C=N–C) groups is 1. The molecular formula is C33H41IN10O5. The number of nitrogens with one attached hydrogen (secondary N) is 4. The van der Waals surface area contributed by atoms with Crippen LogP contribution in [0.3, 0.4) is 0 Å². The molecule has 5 amide bonds. The van der Waals surface area contributed by atoms with Crippen LogP contribution in [0.4, 0.5) is 0 Å². The molecule has 49 heavy (non-hydrogen) atoms. The Kier molecular flexibility index (Phi) is 13.1. The Bertz CT molecular complexity index is 1660. The summed E-state index contributed by atoms with van der Waals surface area (Å²) in [5, 5.41) is 8.26. The van der Waals surface area contributed by atoms with Crippen molar-refractivity contribution in [1.82, 2.24) is 30.8 Å². The van der Waals surface area contributed by atoms with Gasteiger partial charge in [-0.15, -0.1) is 0 Å². The number of hydrogen-bond acceptors (Lipinski definition) is 7. The Hall–Kier alpha value is -5.00. The van der Waals surface area contributed by atoms with Gasteiger partial charge in [-0.3, -0.25) is 29.0 Å². The Balaban J connectivity index is 1.62. The zero-order valence-corrected chi connectivity index (χ0v) is 29.2. The van der Waals surface area contributed by atoms with Gasteiger partial charge >= 0.3 is 0 Å². The fourth-order valence-electron chi connectivity index (χ4n) is 5.65. The van der Waals surface area contributed by atoms with E-state index in [1.54, 1.807) is 0 Å². The summed E-state index contributed by atoms with van der Waals surface area (Å²) in [5.41, 5.74) is 19.9. The molecule has 0 bridgehead atoms. The number of fused-ring (bicyclic) bond motifs is 1. The highest BCUT2D eigenvalue weighted by Gasteiger charge is 2.38. The number of imidazole rings is 1. The van der Waals surface area contributed by atoms with Crippen molar-refractivity contribution in [2.75, 3.05) is 6.54 Å². The molecule has 1 unspecified atom stereocenters. The SMILES string of the molecule is CC(=O)N[C@@H](Cc1cnc[nH]1)C(=O)N[C@H](Cc1ccc(I)cc1)C(=O)N[C@@H](CCCN=C(N)N)C(=O)N1Cc2ccccc2CC1C(N)=O. The third-order valence-corrected chi connectivity index (χ3v) is 8.80. The molecule has 3 aromatic rings. The molecule has 0 saturated heterocycles. The van der Waals surface area contributed by atoms with Crippen LogP contribution in [0.2, 0.25) is 0 Å². The molecule has 0 spiro atoms. The van der Waals surface area contributed by atoms with Crippen LogP contribution in [0.15, 0.2) is 66.0 Å². The van der Waals surface area contributed by atoms with Crippen LogP contribution in [0.1, 0.15) is 42.1 Å². The lowest BCUT2D eigenvalue weighted by Gasteiger charge is -2.37. The van der Waals surface area contributed by atoms with E-state index in [1.165, 1.54) is 24.3 Å². The van der Waals surface area contributed by atoms with E-state index in [4.69, 9.17) is 17.2 Å². The minimum atomic E-state index is -1.15. The molecule has 16 heteroatoms. The van der Waals surface area contributed by atoms with E-state index in [2.05, 4.69) is 53.5 Å². The molecule has 4 rings (SSSR count). The number of halogens is 1. The van der Waals surface area contributed by atoms with Crippen LogP contribution in [0.5, 0.6) is 0 Å². The zero-order chi connectivity index (χ0) is 35.5. The van der Waals surface area contributed by atoms with Gasteiger partial charge in [-0.2, -0.15) is 0 Å². The van der Waals surface area contributed by atoms with Gasteiger partial charge in [-0.1, -0.05) is 36.4 Å². The summed E-state index contributed by atoms with van der Waals surface area (Å²) in [6.07, 6.45) is 3.86. The van der Waals surface area contributed by atoms with Crippen molar-refractivity contribution in [2.24, 2.45) is 22.2 Å². The van der Waals surface area contributed by atoms with E-state index in [1.807, 2.05) is 48.5 Å². The molecule has 260 valence electrons. The summed E-state index contributed by atoms with van der Waals surface area (Å²) >= 11 is 2.17. The van der Waals surface area contributed by atoms with Gasteiger partial charge in [0.25, 0.3) is 0 Å². The average molecular weight is 785 g/mol. The highest BCUT2D eigenvalue weighted by atomic mass is 127. The van der Waals surface area contributed by atoms with Crippen LogP contribution in [0, 0.1) is 3.57 Å². The van der Waals surface area contributed by atoms with Gasteiger partial charge in [0.05, 0.1) is 6.33 Å². The number of carbonyl (C=O) groups excluding carboxylic acids is 5. The topological polar surface area (TPSA) is 244 Å². The van der Waals surface area contributed by atoms with Crippen molar-refractivity contribution in [2.45, 2.75) is 69.7 Å². The number of amides is 5. The minimum Gasteiger partial charge on any atom is -0.370 e. The third kappa shape index (κ3) is 10.8. The molecule has 15 nitrogen and oxygen atoms in total. The van der Waals surface area contributed by atoms with Crippen molar-refractivity contribution in [3.8, 4) is 0 Å². The maximum absolute atomic E-state index is 14.2. The summed E-state index contributed by atoms with van der Waals surface area (Å²) in [5.74, 6) is -2.96. The third-order valence-electron chi connectivity index (χ3n) is 8.08. The van der Waals surface area contributed by atoms with Crippen LogP contribution in [-0.4, -0.2) is 81.1 Å². The fraction of sp³-hybridized carbons (Fsp3) is 0.364. The van der Waals surface area contributed by atoms with Crippen molar-refractivity contribution in [3.63, 3.8) is 0 Å². The number of rotatable bonds is 15. The standard InChI is InChI=1S/C33H41IN10O5/c1-19(45)41-27(15-24-16-38-18-40-24)31(48)43-26(13-20-8-10-23(34)11-9-20)30(47)42-25(7-4-12-39-33(36)37)32(49)44-17-22-6-3-2-5-21(22)14-28(44)29(35)46/h2-3,5-6,8-11,16,18,25-28H,4,7,12-15,17H2,1H3,(H2,35,46)(H,38,40)(H,41,45)(H,42,47)(H,43,48)(H4,36,37,39)/t25-,26+,27-,28?/m0/s1. The summed E-state index contributed by atoms with van der Waals surface area (Å²) in [6, 6.07) is 10.7. The van der Waals surface area contributed by atoms with Gasteiger partial charge in [0.2, 0.25) is 29.5 Å². The number of benzene rings is 2. The first-order valence-electron chi connectivity index (χ1n) is 15.7. The number of aromatic nitrogens is 2. The second-order valence-corrected chi connectivity index (χ2v) is 13.0. The highest BCUT2D eigenvalue weighted by molar-refractivity contribution is 14.1. The number of primary amides is 1. The number of carbonyl (C=O) groups is 5. The van der Waals surface area contributed by atoms with E-state index >= 15 is 0 Å². The van der Waals surface area contributed by atoms with E-state index in [9.17, 15) is 24.0 Å². The lowest BCUT2D eigenvalue weighted by Crippen LogP contribution is -2.60. The van der Waals surface area contributed by atoms with Gasteiger partial charge in [-0.25, -0.2) is 4.98 Å². The number of H-pyrrole nitrogens is 1. The highest BCUT2D eigenvalue weighted by Crippen LogP contribution is 2.25. The molecule has 0 fully saturated rings. The van der Waals surface area contributed by atoms with Gasteiger partial charge in [0.15, 0.2) is 5.96 Å². The van der Waals surface area contributed by atoms with Crippen LogP contribution in [0.25, 0.3) is 0 Å². The van der Waals surface area contributed by atoms with E-state index < -0.39 is 53.7 Å². The first-order valence-corrected chi connectivity index (χ1v) is 16.8. The fourth-order valence-corrected chi connectivity index (χ4v) is 6.01. The second-order valence-electron chi connectivity index (χ2n) is 11.8. The van der Waals surface area contributed by atoms with Crippen molar-refractivity contribution in [3.05, 3.63) is 87.0 Å². The number of aromatic amines is 1. The van der Waals surface area contributed by atoms with Gasteiger partial charge in [0.1, 0.15) is 24.2 Å². The Morgan fingerprint density at radius 2 is 1.59 bits per heavy atom. The molecule has 4 atom stereocenters. The Morgan fingerprint density at radius 1 is 0.939 bits per heavy atom. The Morgan fingerprint density at radius 3 is 2.20 bits per heavy atom. The Labute approximate surface area is 297 Å². The molecule has 1 aliphatic heterocycles. The summed E-state index contributed by atoms with van der Waals surface area (Å²) in [6.45, 7) is 1.61. The molecular weight excluding hydrogens is 743 g/mol. The smallest absolute Gasteiger partial charge is 0.246 e. The predicted molar refractivity (Wildman–Crippen MR) is 190 cm³/mol. The minimum absolute atomic E-state index is 0.0846. The van der Waals surface area contributed by atoms with Crippen molar-refractivity contribution in [1.29, 1.82) is 0 Å². The van der Waals surface area contributed by atoms with Crippen molar-refractivity contribution < 1.29 is 24.0 Å². The molecule has 0 saturated carbocycles. The number of hydrogen-bond donors (Lipinski definition) is 7. The van der Waals surface area contributed by atoms with Crippen LogP contribution < -0.4 is 33.2 Å². The molecule has 1 aliphatic rings. The molecule has 1 aromatic heterocycles. The largest absolute Gasteiger partial charge is 0.370 e. The van der Waals surface area contributed by atoms with Gasteiger partial charge in [-0.05, 0) is 64.3 Å². The van der Waals surface area contributed by atoms with Gasteiger partial charge < -0.3 is 43.0 Å². The van der Waals surface area contributed by atoms with E-state index in [0.29, 0.717) is 12.1 Å². The monoisotopic (exact) mass is 784 g/mol. The second kappa shape index (κ2) is 17.4. The van der Waals surface area contributed by atoms with E-state index in [0.717, 1.165) is 20.3 Å². The van der Waals surface area contributed by atoms with E-state index in [-0.39, 0.29) is 44.7 Å². The predicted octanol–water partition coefficient (Wildman–Crippen LogP) is -0.234. The summed E-state index contributed by atoms with van der Waals surface area (Å²) < 4.78 is 0.982. The summed E-state index contributed by atoms with van der Waals surface area (Å²) in [4.78, 5) is 78.8. The molecule has 2 aromatic carbocycles. The van der Waals surface area contributed by atoms with Crippen LogP contribution in [-0.2, 0) is 49.8 Å². The first kappa shape index (κ1) is 36.8. The maximum atomic E-state index is 14.2. The zero-order valence-electron chi connectivity index (χ0n) is 27.0. The normalized spacial score (nSPS) is 15.6. The number of nitrogens with two attached hydrogens (primary N) is 3. The lowest BCUT2D eigenvalue weighted by atomic mass is 9.92. The maximum Gasteiger partial charge on any atom is 0.246 e. The lowest BCUT2D eigenvalue weighted by molar-refractivity contribution is -0.144. The van der Waals surface area contributed by atoms with Crippen LogP contribution >= 0.6 is 22.6 Å². The summed E-state index contributed by atoms with van der Waals surface area (Å²) in [7, 11) is 0. The molecule has 2 heterocycles. The molecule has 0 aliphatic carbocycles. The number of guanidine groups is 1. The molecule has 0 radical (unpaired) electrons. The quantitative estimate of drug-likeness (QED) is 0.0469. The van der Waals surface area contributed by atoms with Gasteiger partial charge in [0, 0.05) is 54.7 Å². The molecule has 10 N–H and O–H groups in total. The number of nitrogens with zero attached hydrogens (tertiary/aromatic N) is 3.